The fourth-order valence-electron chi connectivity index (χ4n) is 1.98. The van der Waals surface area contributed by atoms with E-state index in [4.69, 9.17) is 5.73 Å². The second kappa shape index (κ2) is 4.16. The van der Waals surface area contributed by atoms with Gasteiger partial charge in [-0.15, -0.1) is 0 Å². The molecule has 15 heavy (non-hydrogen) atoms. The second-order valence-corrected chi connectivity index (χ2v) is 5.17. The number of carbonyl (C=O) groups is 1. The predicted octanol–water partition coefficient (Wildman–Crippen LogP) is 2.51. The van der Waals surface area contributed by atoms with E-state index in [1.54, 1.807) is 13.8 Å². The molecule has 1 aliphatic rings. The van der Waals surface area contributed by atoms with Crippen molar-refractivity contribution in [1.82, 2.24) is 0 Å². The van der Waals surface area contributed by atoms with Crippen LogP contribution in [0, 0.1) is 5.92 Å². The Labute approximate surface area is 89.2 Å². The number of carbonyl (C=O) groups excluding carboxylic acids is 1. The summed E-state index contributed by atoms with van der Waals surface area (Å²) in [7, 11) is 0. The van der Waals surface area contributed by atoms with E-state index < -0.39 is 11.5 Å². The third-order valence-corrected chi connectivity index (χ3v) is 2.93. The van der Waals surface area contributed by atoms with E-state index in [0.717, 1.165) is 6.42 Å². The van der Waals surface area contributed by atoms with Gasteiger partial charge in [0.1, 0.15) is 0 Å². The molecule has 0 spiro atoms. The van der Waals surface area contributed by atoms with Crippen LogP contribution >= 0.6 is 0 Å². The van der Waals surface area contributed by atoms with E-state index in [9.17, 15) is 13.6 Å². The number of alkyl halides is 2. The van der Waals surface area contributed by atoms with E-state index in [1.807, 2.05) is 0 Å². The fraction of sp³-hybridized carbons (Fsp3) is 0.909. The zero-order valence-corrected chi connectivity index (χ0v) is 9.35. The number of halogens is 2. The molecule has 0 amide bonds. The molecule has 1 fully saturated rings. The van der Waals surface area contributed by atoms with E-state index >= 15 is 0 Å². The van der Waals surface area contributed by atoms with Crippen LogP contribution in [0.1, 0.15) is 46.0 Å². The summed E-state index contributed by atoms with van der Waals surface area (Å²) in [6, 6.07) is 0. The minimum Gasteiger partial charge on any atom is -0.319 e. The molecular weight excluding hydrogens is 200 g/mol. The van der Waals surface area contributed by atoms with Crippen molar-refractivity contribution in [3.05, 3.63) is 0 Å². The molecule has 1 unspecified atom stereocenters. The summed E-state index contributed by atoms with van der Waals surface area (Å²) in [4.78, 5) is 11.6. The van der Waals surface area contributed by atoms with Gasteiger partial charge >= 0.3 is 0 Å². The van der Waals surface area contributed by atoms with Crippen molar-refractivity contribution >= 4 is 5.78 Å². The third-order valence-electron chi connectivity index (χ3n) is 2.93. The van der Waals surface area contributed by atoms with Gasteiger partial charge < -0.3 is 5.73 Å². The van der Waals surface area contributed by atoms with Crippen molar-refractivity contribution in [2.45, 2.75) is 57.4 Å². The molecule has 0 aromatic rings. The van der Waals surface area contributed by atoms with Gasteiger partial charge in [-0.25, -0.2) is 8.78 Å². The van der Waals surface area contributed by atoms with Gasteiger partial charge in [-0.3, -0.25) is 4.79 Å². The topological polar surface area (TPSA) is 43.1 Å². The lowest BCUT2D eigenvalue weighted by Gasteiger charge is -2.30. The van der Waals surface area contributed by atoms with Crippen LogP contribution in [0.4, 0.5) is 8.78 Å². The lowest BCUT2D eigenvalue weighted by Crippen LogP contribution is -2.43. The highest BCUT2D eigenvalue weighted by Gasteiger charge is 2.38. The molecule has 1 aliphatic carbocycles. The second-order valence-electron chi connectivity index (χ2n) is 5.17. The van der Waals surface area contributed by atoms with E-state index in [1.165, 1.54) is 0 Å². The highest BCUT2D eigenvalue weighted by atomic mass is 19.3. The summed E-state index contributed by atoms with van der Waals surface area (Å²) >= 11 is 0. The Morgan fingerprint density at radius 2 is 2.13 bits per heavy atom. The number of hydrogen-bond donors (Lipinski definition) is 1. The lowest BCUT2D eigenvalue weighted by atomic mass is 9.81. The first kappa shape index (κ1) is 12.6. The van der Waals surface area contributed by atoms with Crippen molar-refractivity contribution < 1.29 is 13.6 Å². The minimum atomic E-state index is -2.58. The van der Waals surface area contributed by atoms with Gasteiger partial charge in [0.2, 0.25) is 5.92 Å². The zero-order valence-electron chi connectivity index (χ0n) is 9.35. The largest absolute Gasteiger partial charge is 0.319 e. The monoisotopic (exact) mass is 219 g/mol. The molecule has 2 N–H and O–H groups in total. The van der Waals surface area contributed by atoms with Gasteiger partial charge in [0, 0.05) is 19.3 Å². The standard InChI is InChI=1S/C11H19F2NO/c1-10(2,14)9(15)6-8-4-3-5-11(12,13)7-8/h8H,3-7,14H2,1-2H3. The van der Waals surface area contributed by atoms with Crippen LogP contribution in [0.15, 0.2) is 0 Å². The van der Waals surface area contributed by atoms with Crippen molar-refractivity contribution in [3.63, 3.8) is 0 Å². The maximum atomic E-state index is 13.1. The minimum absolute atomic E-state index is 0.0380. The van der Waals surface area contributed by atoms with Crippen molar-refractivity contribution in [3.8, 4) is 0 Å². The Morgan fingerprint density at radius 1 is 1.53 bits per heavy atom. The Balaban J connectivity index is 2.49. The summed E-state index contributed by atoms with van der Waals surface area (Å²) in [5.41, 5.74) is 4.73. The van der Waals surface area contributed by atoms with Crippen molar-refractivity contribution in [2.75, 3.05) is 0 Å². The quantitative estimate of drug-likeness (QED) is 0.792. The van der Waals surface area contributed by atoms with Crippen LogP contribution < -0.4 is 5.73 Å². The number of nitrogens with two attached hydrogens (primary N) is 1. The molecule has 0 aromatic heterocycles. The molecule has 1 atom stereocenters. The first-order valence-corrected chi connectivity index (χ1v) is 5.41. The highest BCUT2D eigenvalue weighted by molar-refractivity contribution is 5.87. The first-order chi connectivity index (χ1) is 6.71. The van der Waals surface area contributed by atoms with Crippen LogP contribution in [0.25, 0.3) is 0 Å². The zero-order chi connectivity index (χ0) is 11.7. The van der Waals surface area contributed by atoms with Gasteiger partial charge in [0.15, 0.2) is 5.78 Å². The van der Waals surface area contributed by atoms with Gasteiger partial charge in [-0.2, -0.15) is 0 Å². The summed E-state index contributed by atoms with van der Waals surface area (Å²) in [5.74, 6) is -2.89. The Hall–Kier alpha value is -0.510. The molecule has 0 aromatic carbocycles. The number of hydrogen-bond acceptors (Lipinski definition) is 2. The number of rotatable bonds is 3. The summed E-state index contributed by atoms with van der Waals surface area (Å²) in [6.07, 6.45) is 1.23. The molecule has 4 heteroatoms. The molecule has 1 rings (SSSR count). The van der Waals surface area contributed by atoms with Crippen LogP contribution in [0.2, 0.25) is 0 Å². The third kappa shape index (κ3) is 3.86. The molecule has 0 bridgehead atoms. The maximum Gasteiger partial charge on any atom is 0.248 e. The smallest absolute Gasteiger partial charge is 0.248 e. The van der Waals surface area contributed by atoms with Gasteiger partial charge in [0.25, 0.3) is 0 Å². The highest BCUT2D eigenvalue weighted by Crippen LogP contribution is 2.38. The molecule has 0 aliphatic heterocycles. The SMILES string of the molecule is CC(C)(N)C(=O)CC1CCCC(F)(F)C1. The normalized spacial score (nSPS) is 26.3. The number of Topliss-reactive ketones (excluding diaryl/α,β-unsaturated/α-hetero) is 1. The van der Waals surface area contributed by atoms with E-state index in [0.29, 0.717) is 6.42 Å². The summed E-state index contributed by atoms with van der Waals surface area (Å²) in [6.45, 7) is 3.24. The first-order valence-electron chi connectivity index (χ1n) is 5.41. The summed E-state index contributed by atoms with van der Waals surface area (Å²) in [5, 5.41) is 0. The van der Waals surface area contributed by atoms with Gasteiger partial charge in [0.05, 0.1) is 5.54 Å². The van der Waals surface area contributed by atoms with Crippen LogP contribution in [-0.4, -0.2) is 17.2 Å². The molecule has 88 valence electrons. The number of ketones is 1. The molecule has 1 saturated carbocycles. The molecular formula is C11H19F2NO. The maximum absolute atomic E-state index is 13.1. The van der Waals surface area contributed by atoms with Crippen molar-refractivity contribution in [1.29, 1.82) is 0 Å². The Bertz CT molecular complexity index is 245. The van der Waals surface area contributed by atoms with E-state index in [-0.39, 0.29) is 31.0 Å². The Kier molecular flexibility index (Phi) is 3.48. The van der Waals surface area contributed by atoms with Gasteiger partial charge in [-0.05, 0) is 32.6 Å². The van der Waals surface area contributed by atoms with Crippen LogP contribution in [0.5, 0.6) is 0 Å². The van der Waals surface area contributed by atoms with Crippen LogP contribution in [-0.2, 0) is 4.79 Å². The average molecular weight is 219 g/mol. The predicted molar refractivity (Wildman–Crippen MR) is 54.8 cm³/mol. The molecule has 0 radical (unpaired) electrons. The average Bonchev–Trinajstić information content (AvgIpc) is 2.00. The molecule has 0 saturated heterocycles. The lowest BCUT2D eigenvalue weighted by molar-refractivity contribution is -0.125. The molecule has 2 nitrogen and oxygen atoms in total. The van der Waals surface area contributed by atoms with Gasteiger partial charge in [-0.1, -0.05) is 0 Å². The molecule has 0 heterocycles. The summed E-state index contributed by atoms with van der Waals surface area (Å²) < 4.78 is 26.1. The van der Waals surface area contributed by atoms with Crippen molar-refractivity contribution in [2.24, 2.45) is 11.7 Å². The fourth-order valence-corrected chi connectivity index (χ4v) is 1.98. The van der Waals surface area contributed by atoms with Crippen LogP contribution in [0.3, 0.4) is 0 Å². The Morgan fingerprint density at radius 3 is 2.60 bits per heavy atom. The van der Waals surface area contributed by atoms with E-state index in [2.05, 4.69) is 0 Å².